The Kier molecular flexibility index (Phi) is 3.06. The van der Waals surface area contributed by atoms with Gasteiger partial charge in [-0.3, -0.25) is 9.48 Å². The fraction of sp³-hybridized carbons (Fsp3) is 0.167. The maximum atomic E-state index is 11.9. The SMILES string of the molecule is Cc1ccnn1CC(=O)c1ccc(Cl)cc1. The molecule has 0 unspecified atom stereocenters. The molecule has 0 aliphatic heterocycles. The smallest absolute Gasteiger partial charge is 0.184 e. The average Bonchev–Trinajstić information content (AvgIpc) is 2.65. The van der Waals surface area contributed by atoms with E-state index in [1.165, 1.54) is 0 Å². The van der Waals surface area contributed by atoms with Crippen LogP contribution in [0.25, 0.3) is 0 Å². The summed E-state index contributed by atoms with van der Waals surface area (Å²) in [5.74, 6) is 0.0310. The lowest BCUT2D eigenvalue weighted by molar-refractivity contribution is 0.0967. The van der Waals surface area contributed by atoms with Gasteiger partial charge in [0.25, 0.3) is 0 Å². The number of aromatic nitrogens is 2. The zero-order chi connectivity index (χ0) is 11.5. The molecule has 3 nitrogen and oxygen atoms in total. The molecule has 0 atom stereocenters. The van der Waals surface area contributed by atoms with Crippen molar-refractivity contribution in [2.75, 3.05) is 0 Å². The van der Waals surface area contributed by atoms with Gasteiger partial charge in [0.2, 0.25) is 0 Å². The van der Waals surface area contributed by atoms with E-state index in [0.29, 0.717) is 10.6 Å². The van der Waals surface area contributed by atoms with Gasteiger partial charge < -0.3 is 0 Å². The number of Topliss-reactive ketones (excluding diaryl/α,β-unsaturated/α-hetero) is 1. The van der Waals surface area contributed by atoms with Gasteiger partial charge in [-0.1, -0.05) is 11.6 Å². The predicted molar refractivity (Wildman–Crippen MR) is 62.7 cm³/mol. The Labute approximate surface area is 98.7 Å². The highest BCUT2D eigenvalue weighted by atomic mass is 35.5. The van der Waals surface area contributed by atoms with Gasteiger partial charge in [-0.15, -0.1) is 0 Å². The van der Waals surface area contributed by atoms with Crippen LogP contribution < -0.4 is 0 Å². The van der Waals surface area contributed by atoms with Crippen LogP contribution in [0, 0.1) is 6.92 Å². The zero-order valence-corrected chi connectivity index (χ0v) is 9.61. The number of hydrogen-bond donors (Lipinski definition) is 0. The summed E-state index contributed by atoms with van der Waals surface area (Å²) in [6.45, 7) is 2.18. The van der Waals surface area contributed by atoms with Gasteiger partial charge in [0.05, 0.1) is 0 Å². The van der Waals surface area contributed by atoms with Gasteiger partial charge >= 0.3 is 0 Å². The Morgan fingerprint density at radius 3 is 2.56 bits per heavy atom. The summed E-state index contributed by atoms with van der Waals surface area (Å²) in [5, 5.41) is 4.70. The van der Waals surface area contributed by atoms with Crippen LogP contribution >= 0.6 is 11.6 Å². The molecule has 0 bridgehead atoms. The van der Waals surface area contributed by atoms with Gasteiger partial charge in [-0.25, -0.2) is 0 Å². The van der Waals surface area contributed by atoms with E-state index in [-0.39, 0.29) is 12.3 Å². The van der Waals surface area contributed by atoms with Crippen LogP contribution in [0.2, 0.25) is 5.02 Å². The molecule has 1 heterocycles. The molecule has 0 saturated heterocycles. The average molecular weight is 235 g/mol. The normalized spacial score (nSPS) is 10.4. The first kappa shape index (κ1) is 10.9. The highest BCUT2D eigenvalue weighted by molar-refractivity contribution is 6.30. The number of hydrogen-bond acceptors (Lipinski definition) is 2. The number of halogens is 1. The van der Waals surface area contributed by atoms with E-state index in [1.807, 2.05) is 13.0 Å². The van der Waals surface area contributed by atoms with Crippen molar-refractivity contribution in [3.05, 3.63) is 52.8 Å². The molecule has 0 aliphatic rings. The highest BCUT2D eigenvalue weighted by Crippen LogP contribution is 2.10. The van der Waals surface area contributed by atoms with Crippen molar-refractivity contribution in [1.29, 1.82) is 0 Å². The highest BCUT2D eigenvalue weighted by Gasteiger charge is 2.08. The Bertz CT molecular complexity index is 502. The summed E-state index contributed by atoms with van der Waals surface area (Å²) in [6, 6.07) is 8.75. The van der Waals surface area contributed by atoms with Crippen molar-refractivity contribution in [3.8, 4) is 0 Å². The zero-order valence-electron chi connectivity index (χ0n) is 8.85. The number of benzene rings is 1. The second kappa shape index (κ2) is 4.49. The largest absolute Gasteiger partial charge is 0.292 e. The number of aryl methyl sites for hydroxylation is 1. The predicted octanol–water partition coefficient (Wildman–Crippen LogP) is 2.73. The van der Waals surface area contributed by atoms with Crippen molar-refractivity contribution < 1.29 is 4.79 Å². The molecule has 4 heteroatoms. The van der Waals surface area contributed by atoms with Crippen LogP contribution in [0.1, 0.15) is 16.1 Å². The molecular weight excluding hydrogens is 224 g/mol. The fourth-order valence-corrected chi connectivity index (χ4v) is 1.55. The van der Waals surface area contributed by atoms with Crippen molar-refractivity contribution in [1.82, 2.24) is 9.78 Å². The van der Waals surface area contributed by atoms with E-state index in [0.717, 1.165) is 5.69 Å². The number of nitrogens with zero attached hydrogens (tertiary/aromatic N) is 2. The summed E-state index contributed by atoms with van der Waals surface area (Å²) >= 11 is 5.76. The molecule has 0 radical (unpaired) electrons. The fourth-order valence-electron chi connectivity index (χ4n) is 1.43. The molecule has 2 rings (SSSR count). The molecule has 0 spiro atoms. The van der Waals surface area contributed by atoms with Crippen molar-refractivity contribution in [3.63, 3.8) is 0 Å². The molecular formula is C12H11ClN2O. The summed E-state index contributed by atoms with van der Waals surface area (Å²) in [6.07, 6.45) is 1.68. The first-order valence-electron chi connectivity index (χ1n) is 4.94. The Hall–Kier alpha value is -1.61. The molecule has 1 aromatic heterocycles. The third kappa shape index (κ3) is 2.31. The minimum absolute atomic E-state index is 0.0310. The maximum Gasteiger partial charge on any atom is 0.184 e. The van der Waals surface area contributed by atoms with Gasteiger partial charge in [-0.05, 0) is 37.3 Å². The number of carbonyl (C=O) groups excluding carboxylic acids is 1. The van der Waals surface area contributed by atoms with Crippen LogP contribution in [0.3, 0.4) is 0 Å². The van der Waals surface area contributed by atoms with Crippen LogP contribution in [0.5, 0.6) is 0 Å². The van der Waals surface area contributed by atoms with E-state index in [2.05, 4.69) is 5.10 Å². The number of carbonyl (C=O) groups is 1. The lowest BCUT2D eigenvalue weighted by atomic mass is 10.1. The summed E-state index contributed by atoms with van der Waals surface area (Å²) in [7, 11) is 0. The van der Waals surface area contributed by atoms with Crippen molar-refractivity contribution in [2.24, 2.45) is 0 Å². The topological polar surface area (TPSA) is 34.9 Å². The second-order valence-electron chi connectivity index (χ2n) is 3.56. The van der Waals surface area contributed by atoms with E-state index < -0.39 is 0 Å². The quantitative estimate of drug-likeness (QED) is 0.766. The molecule has 0 aliphatic carbocycles. The molecule has 1 aromatic carbocycles. The monoisotopic (exact) mass is 234 g/mol. The van der Waals surface area contributed by atoms with Crippen LogP contribution in [0.15, 0.2) is 36.5 Å². The standard InChI is InChI=1S/C12H11ClN2O/c1-9-6-7-14-15(9)8-12(16)10-2-4-11(13)5-3-10/h2-7H,8H2,1H3. The summed E-state index contributed by atoms with van der Waals surface area (Å²) < 4.78 is 1.68. The van der Waals surface area contributed by atoms with Crippen LogP contribution in [-0.2, 0) is 6.54 Å². The third-order valence-electron chi connectivity index (χ3n) is 2.39. The third-order valence-corrected chi connectivity index (χ3v) is 2.64. The molecule has 2 aromatic rings. The van der Waals surface area contributed by atoms with E-state index in [4.69, 9.17) is 11.6 Å². The lowest BCUT2D eigenvalue weighted by Crippen LogP contribution is -2.12. The number of rotatable bonds is 3. The molecule has 0 saturated carbocycles. The van der Waals surface area contributed by atoms with E-state index in [9.17, 15) is 4.79 Å². The Balaban J connectivity index is 2.15. The molecule has 16 heavy (non-hydrogen) atoms. The first-order chi connectivity index (χ1) is 7.66. The van der Waals surface area contributed by atoms with E-state index in [1.54, 1.807) is 35.1 Å². The van der Waals surface area contributed by atoms with Gasteiger partial charge in [0, 0.05) is 22.5 Å². The molecule has 0 amide bonds. The lowest BCUT2D eigenvalue weighted by Gasteiger charge is -2.03. The van der Waals surface area contributed by atoms with Crippen LogP contribution in [-0.4, -0.2) is 15.6 Å². The van der Waals surface area contributed by atoms with E-state index >= 15 is 0 Å². The maximum absolute atomic E-state index is 11.9. The Morgan fingerprint density at radius 2 is 2.00 bits per heavy atom. The Morgan fingerprint density at radius 1 is 1.31 bits per heavy atom. The number of ketones is 1. The summed E-state index contributed by atoms with van der Waals surface area (Å²) in [4.78, 5) is 11.9. The van der Waals surface area contributed by atoms with Gasteiger partial charge in [0.1, 0.15) is 6.54 Å². The molecule has 82 valence electrons. The second-order valence-corrected chi connectivity index (χ2v) is 4.00. The summed E-state index contributed by atoms with van der Waals surface area (Å²) in [5.41, 5.74) is 1.63. The first-order valence-corrected chi connectivity index (χ1v) is 5.32. The van der Waals surface area contributed by atoms with Gasteiger partial charge in [0.15, 0.2) is 5.78 Å². The molecule has 0 N–H and O–H groups in total. The van der Waals surface area contributed by atoms with Crippen molar-refractivity contribution >= 4 is 17.4 Å². The molecule has 0 fully saturated rings. The minimum atomic E-state index is 0.0310. The van der Waals surface area contributed by atoms with Gasteiger partial charge in [-0.2, -0.15) is 5.10 Å². The minimum Gasteiger partial charge on any atom is -0.292 e. The van der Waals surface area contributed by atoms with Crippen LogP contribution in [0.4, 0.5) is 0 Å². The van der Waals surface area contributed by atoms with Crippen molar-refractivity contribution in [2.45, 2.75) is 13.5 Å².